The average Bonchev–Trinajstić information content (AvgIpc) is 2.39. The van der Waals surface area contributed by atoms with Crippen LogP contribution in [0.15, 0.2) is 22.7 Å². The summed E-state index contributed by atoms with van der Waals surface area (Å²) in [4.78, 5) is 0. The molecule has 0 bridgehead atoms. The summed E-state index contributed by atoms with van der Waals surface area (Å²) in [5, 5.41) is 0.121. The molecule has 17 heavy (non-hydrogen) atoms. The van der Waals surface area contributed by atoms with Crippen LogP contribution in [0.5, 0.6) is 5.75 Å². The normalized spacial score (nSPS) is 19.0. The Bertz CT molecular complexity index is 374. The molecule has 0 amide bonds. The summed E-state index contributed by atoms with van der Waals surface area (Å²) in [6.07, 6.45) is 6.52. The Hall–Kier alpha value is -0.210. The number of halogens is 2. The molecular formula is C14H18BrClO. The first-order valence-corrected chi connectivity index (χ1v) is 7.43. The first-order valence-electron chi connectivity index (χ1n) is 6.20. The zero-order valence-corrected chi connectivity index (χ0v) is 12.4. The van der Waals surface area contributed by atoms with E-state index in [1.807, 2.05) is 12.1 Å². The Morgan fingerprint density at radius 1 is 1.29 bits per heavy atom. The van der Waals surface area contributed by atoms with Crippen molar-refractivity contribution in [3.63, 3.8) is 0 Å². The van der Waals surface area contributed by atoms with Gasteiger partial charge in [0, 0.05) is 4.47 Å². The highest BCUT2D eigenvalue weighted by Crippen LogP contribution is 2.41. The van der Waals surface area contributed by atoms with Crippen LogP contribution < -0.4 is 4.74 Å². The van der Waals surface area contributed by atoms with Gasteiger partial charge in [-0.3, -0.25) is 0 Å². The van der Waals surface area contributed by atoms with Crippen molar-refractivity contribution < 1.29 is 4.74 Å². The van der Waals surface area contributed by atoms with E-state index in [0.717, 1.165) is 10.2 Å². The zero-order chi connectivity index (χ0) is 12.3. The molecule has 0 aliphatic heterocycles. The van der Waals surface area contributed by atoms with Gasteiger partial charge in [0.25, 0.3) is 0 Å². The molecule has 1 aromatic carbocycles. The third kappa shape index (κ3) is 3.17. The van der Waals surface area contributed by atoms with Crippen LogP contribution in [-0.4, -0.2) is 7.11 Å². The summed E-state index contributed by atoms with van der Waals surface area (Å²) in [7, 11) is 1.68. The topological polar surface area (TPSA) is 9.23 Å². The van der Waals surface area contributed by atoms with Gasteiger partial charge in [-0.15, -0.1) is 11.6 Å². The van der Waals surface area contributed by atoms with Crippen molar-refractivity contribution >= 4 is 27.5 Å². The summed E-state index contributed by atoms with van der Waals surface area (Å²) in [5.74, 6) is 1.49. The zero-order valence-electron chi connectivity index (χ0n) is 10.1. The van der Waals surface area contributed by atoms with E-state index in [9.17, 15) is 0 Å². The van der Waals surface area contributed by atoms with Gasteiger partial charge in [0.1, 0.15) is 5.75 Å². The number of rotatable bonds is 3. The predicted octanol–water partition coefficient (Wildman–Crippen LogP) is 5.32. The van der Waals surface area contributed by atoms with Crippen LogP contribution in [0.3, 0.4) is 0 Å². The third-order valence-corrected chi connectivity index (χ3v) is 4.85. The number of hydrogen-bond acceptors (Lipinski definition) is 1. The molecule has 1 fully saturated rings. The molecule has 0 spiro atoms. The van der Waals surface area contributed by atoms with Gasteiger partial charge in [-0.25, -0.2) is 0 Å². The summed E-state index contributed by atoms with van der Waals surface area (Å²) in [6.45, 7) is 0. The third-order valence-electron chi connectivity index (χ3n) is 3.57. The maximum Gasteiger partial charge on any atom is 0.120 e. The fourth-order valence-corrected chi connectivity index (χ4v) is 3.72. The van der Waals surface area contributed by atoms with Crippen molar-refractivity contribution in [2.24, 2.45) is 5.92 Å². The lowest BCUT2D eigenvalue weighted by Crippen LogP contribution is -2.12. The minimum atomic E-state index is 0.121. The minimum absolute atomic E-state index is 0.121. The number of methoxy groups -OCH3 is 1. The van der Waals surface area contributed by atoms with E-state index in [4.69, 9.17) is 16.3 Å². The molecule has 1 aromatic rings. The Morgan fingerprint density at radius 3 is 2.59 bits per heavy atom. The second-order valence-electron chi connectivity index (χ2n) is 4.69. The molecule has 1 aliphatic rings. The molecule has 1 aliphatic carbocycles. The van der Waals surface area contributed by atoms with Crippen LogP contribution in [0.2, 0.25) is 0 Å². The molecule has 2 rings (SSSR count). The molecule has 1 saturated carbocycles. The molecule has 1 nitrogen and oxygen atoms in total. The lowest BCUT2D eigenvalue weighted by atomic mass is 9.84. The number of benzene rings is 1. The Kier molecular flexibility index (Phi) is 4.75. The summed E-state index contributed by atoms with van der Waals surface area (Å²) in [5.41, 5.74) is 1.19. The molecule has 0 radical (unpaired) electrons. The first kappa shape index (κ1) is 13.2. The fourth-order valence-electron chi connectivity index (χ4n) is 2.54. The minimum Gasteiger partial charge on any atom is -0.497 e. The van der Waals surface area contributed by atoms with Crippen LogP contribution in [0, 0.1) is 5.92 Å². The second-order valence-corrected chi connectivity index (χ2v) is 6.01. The van der Waals surface area contributed by atoms with E-state index >= 15 is 0 Å². The largest absolute Gasteiger partial charge is 0.497 e. The highest BCUT2D eigenvalue weighted by atomic mass is 79.9. The van der Waals surface area contributed by atoms with Crippen LogP contribution in [-0.2, 0) is 0 Å². The molecule has 0 N–H and O–H groups in total. The van der Waals surface area contributed by atoms with Crippen molar-refractivity contribution in [1.82, 2.24) is 0 Å². The van der Waals surface area contributed by atoms with Gasteiger partial charge >= 0.3 is 0 Å². The van der Waals surface area contributed by atoms with Gasteiger partial charge in [0.2, 0.25) is 0 Å². The van der Waals surface area contributed by atoms with Gasteiger partial charge in [-0.05, 0) is 36.5 Å². The van der Waals surface area contributed by atoms with Gasteiger partial charge in [0.15, 0.2) is 0 Å². The fraction of sp³-hybridized carbons (Fsp3) is 0.571. The monoisotopic (exact) mass is 316 g/mol. The van der Waals surface area contributed by atoms with Crippen LogP contribution in [0.25, 0.3) is 0 Å². The second kappa shape index (κ2) is 6.10. The highest BCUT2D eigenvalue weighted by Gasteiger charge is 2.24. The van der Waals surface area contributed by atoms with Gasteiger partial charge in [0.05, 0.1) is 12.5 Å². The van der Waals surface area contributed by atoms with E-state index < -0.39 is 0 Å². The Balaban J connectivity index is 2.15. The maximum absolute atomic E-state index is 6.62. The predicted molar refractivity (Wildman–Crippen MR) is 75.9 cm³/mol. The van der Waals surface area contributed by atoms with Crippen molar-refractivity contribution in [1.29, 1.82) is 0 Å². The van der Waals surface area contributed by atoms with E-state index in [2.05, 4.69) is 22.0 Å². The van der Waals surface area contributed by atoms with Crippen LogP contribution in [0.1, 0.15) is 43.0 Å². The molecule has 1 atom stereocenters. The SMILES string of the molecule is COc1ccc(C(Cl)C2CCCCC2)c(Br)c1. The molecule has 0 aromatic heterocycles. The van der Waals surface area contributed by atoms with Gasteiger partial charge in [-0.2, -0.15) is 0 Å². The van der Waals surface area contributed by atoms with E-state index in [1.54, 1.807) is 7.11 Å². The number of hydrogen-bond donors (Lipinski definition) is 0. The van der Waals surface area contributed by atoms with Crippen LogP contribution >= 0.6 is 27.5 Å². The standard InChI is InChI=1S/C14H18BrClO/c1-17-11-7-8-12(13(15)9-11)14(16)10-5-3-2-4-6-10/h7-10,14H,2-6H2,1H3. The Morgan fingerprint density at radius 2 is 2.00 bits per heavy atom. The highest BCUT2D eigenvalue weighted by molar-refractivity contribution is 9.10. The molecule has 0 heterocycles. The molecular weight excluding hydrogens is 300 g/mol. The van der Waals surface area contributed by atoms with E-state index in [-0.39, 0.29) is 5.38 Å². The molecule has 0 saturated heterocycles. The smallest absolute Gasteiger partial charge is 0.120 e. The van der Waals surface area contributed by atoms with Crippen LogP contribution in [0.4, 0.5) is 0 Å². The average molecular weight is 318 g/mol. The van der Waals surface area contributed by atoms with Gasteiger partial charge < -0.3 is 4.74 Å². The summed E-state index contributed by atoms with van der Waals surface area (Å²) < 4.78 is 6.26. The first-order chi connectivity index (χ1) is 8.22. The van der Waals surface area contributed by atoms with Gasteiger partial charge in [-0.1, -0.05) is 41.3 Å². The molecule has 94 valence electrons. The molecule has 1 unspecified atom stereocenters. The Labute approximate surface area is 117 Å². The lowest BCUT2D eigenvalue weighted by molar-refractivity contribution is 0.348. The quantitative estimate of drug-likeness (QED) is 0.686. The molecule has 3 heteroatoms. The summed E-state index contributed by atoms with van der Waals surface area (Å²) in [6, 6.07) is 6.06. The number of ether oxygens (including phenoxy) is 1. The van der Waals surface area contributed by atoms with E-state index in [0.29, 0.717) is 5.92 Å². The van der Waals surface area contributed by atoms with E-state index in [1.165, 1.54) is 37.7 Å². The van der Waals surface area contributed by atoms with Crippen molar-refractivity contribution in [3.8, 4) is 5.75 Å². The lowest BCUT2D eigenvalue weighted by Gasteiger charge is -2.27. The maximum atomic E-state index is 6.62. The summed E-state index contributed by atoms with van der Waals surface area (Å²) >= 11 is 10.2. The van der Waals surface area contributed by atoms with Crippen molar-refractivity contribution in [2.75, 3.05) is 7.11 Å². The van der Waals surface area contributed by atoms with Crippen molar-refractivity contribution in [3.05, 3.63) is 28.2 Å². The van der Waals surface area contributed by atoms with Crippen molar-refractivity contribution in [2.45, 2.75) is 37.5 Å². The number of alkyl halides is 1.